The zero-order valence-corrected chi connectivity index (χ0v) is 10.1. The molecule has 0 fully saturated rings. The highest BCUT2D eigenvalue weighted by atomic mass is 35.5. The zero-order valence-electron chi connectivity index (χ0n) is 9.37. The predicted octanol–water partition coefficient (Wildman–Crippen LogP) is 2.21. The molecule has 6 heteroatoms. The second-order valence-electron chi connectivity index (χ2n) is 4.00. The van der Waals surface area contributed by atoms with Crippen LogP contribution in [0.2, 0.25) is 0 Å². The molecule has 86 valence electrons. The van der Waals surface area contributed by atoms with Gasteiger partial charge in [0, 0.05) is 7.11 Å². The molecule has 1 N–H and O–H groups in total. The number of hydrogen-bond donors (Lipinski definition) is 1. The average molecular weight is 234 g/mol. The van der Waals surface area contributed by atoms with Crippen LogP contribution in [0.4, 0.5) is 6.01 Å². The van der Waals surface area contributed by atoms with E-state index in [0.29, 0.717) is 18.5 Å². The van der Waals surface area contributed by atoms with Crippen LogP contribution in [0.15, 0.2) is 4.42 Å². The fourth-order valence-electron chi connectivity index (χ4n) is 1.13. The Bertz CT molecular complexity index is 312. The van der Waals surface area contributed by atoms with Gasteiger partial charge in [0.2, 0.25) is 5.89 Å². The highest BCUT2D eigenvalue weighted by Crippen LogP contribution is 2.21. The summed E-state index contributed by atoms with van der Waals surface area (Å²) in [4.78, 5) is 0. The minimum Gasteiger partial charge on any atom is -0.406 e. The number of nitrogens with one attached hydrogen (secondary N) is 1. The van der Waals surface area contributed by atoms with Gasteiger partial charge in [-0.05, 0) is 20.8 Å². The van der Waals surface area contributed by atoms with Crippen molar-refractivity contribution >= 4 is 17.6 Å². The lowest BCUT2D eigenvalue weighted by Gasteiger charge is -2.23. The molecule has 0 bridgehead atoms. The average Bonchev–Trinajstić information content (AvgIpc) is 2.51. The highest BCUT2D eigenvalue weighted by molar-refractivity contribution is 6.20. The Balaban J connectivity index is 2.64. The largest absolute Gasteiger partial charge is 0.406 e. The summed E-state index contributed by atoms with van der Waals surface area (Å²) in [6.45, 7) is 6.27. The summed E-state index contributed by atoms with van der Waals surface area (Å²) >= 11 is 5.80. The van der Waals surface area contributed by atoms with E-state index >= 15 is 0 Å². The Labute approximate surface area is 94.2 Å². The molecule has 5 nitrogen and oxygen atoms in total. The highest BCUT2D eigenvalue weighted by Gasteiger charge is 2.21. The van der Waals surface area contributed by atoms with Gasteiger partial charge in [0.25, 0.3) is 0 Å². The van der Waals surface area contributed by atoms with E-state index in [9.17, 15) is 0 Å². The third-order valence-electron chi connectivity index (χ3n) is 1.73. The lowest BCUT2D eigenvalue weighted by Crippen LogP contribution is -2.35. The van der Waals surface area contributed by atoms with Gasteiger partial charge in [0.1, 0.15) is 5.38 Å². The molecule has 1 rings (SSSR count). The molecule has 0 aliphatic rings. The SMILES string of the molecule is COCC(C)(C)Nc1nnc(C(C)Cl)o1. The minimum absolute atomic E-state index is 0.256. The Kier molecular flexibility index (Phi) is 3.93. The van der Waals surface area contributed by atoms with E-state index in [1.165, 1.54) is 0 Å². The van der Waals surface area contributed by atoms with Crippen molar-refractivity contribution in [2.45, 2.75) is 31.7 Å². The van der Waals surface area contributed by atoms with Gasteiger partial charge in [-0.15, -0.1) is 16.7 Å². The summed E-state index contributed by atoms with van der Waals surface area (Å²) in [7, 11) is 1.64. The zero-order chi connectivity index (χ0) is 11.5. The molecule has 0 amide bonds. The van der Waals surface area contributed by atoms with E-state index in [2.05, 4.69) is 15.5 Å². The number of aromatic nitrogens is 2. The molecule has 1 aromatic heterocycles. The maximum Gasteiger partial charge on any atom is 0.316 e. The lowest BCUT2D eigenvalue weighted by atomic mass is 10.1. The summed E-state index contributed by atoms with van der Waals surface area (Å²) in [5.74, 6) is 0.410. The molecule has 0 saturated carbocycles. The molecule has 0 saturated heterocycles. The third-order valence-corrected chi connectivity index (χ3v) is 1.92. The van der Waals surface area contributed by atoms with Gasteiger partial charge >= 0.3 is 6.01 Å². The van der Waals surface area contributed by atoms with Crippen LogP contribution < -0.4 is 5.32 Å². The summed E-state index contributed by atoms with van der Waals surface area (Å²) in [5, 5.41) is 10.4. The van der Waals surface area contributed by atoms with Crippen LogP contribution in [0.25, 0.3) is 0 Å². The van der Waals surface area contributed by atoms with Crippen LogP contribution >= 0.6 is 11.6 Å². The molecule has 0 aliphatic carbocycles. The van der Waals surface area contributed by atoms with Crippen molar-refractivity contribution in [3.8, 4) is 0 Å². The van der Waals surface area contributed by atoms with Crippen molar-refractivity contribution in [3.63, 3.8) is 0 Å². The smallest absolute Gasteiger partial charge is 0.316 e. The van der Waals surface area contributed by atoms with Gasteiger partial charge in [0.15, 0.2) is 0 Å². The fraction of sp³-hybridized carbons (Fsp3) is 0.778. The summed E-state index contributed by atoms with van der Waals surface area (Å²) < 4.78 is 10.4. The van der Waals surface area contributed by atoms with E-state index in [4.69, 9.17) is 20.8 Å². The number of hydrogen-bond acceptors (Lipinski definition) is 5. The van der Waals surface area contributed by atoms with E-state index in [0.717, 1.165) is 0 Å². The van der Waals surface area contributed by atoms with Crippen molar-refractivity contribution < 1.29 is 9.15 Å². The van der Waals surface area contributed by atoms with Crippen LogP contribution in [0.3, 0.4) is 0 Å². The van der Waals surface area contributed by atoms with Crippen LogP contribution in [0, 0.1) is 0 Å². The van der Waals surface area contributed by atoms with Crippen LogP contribution in [-0.2, 0) is 4.74 Å². The van der Waals surface area contributed by atoms with Crippen molar-refractivity contribution in [1.29, 1.82) is 0 Å². The fourth-order valence-corrected chi connectivity index (χ4v) is 1.22. The number of rotatable bonds is 5. The molecular weight excluding hydrogens is 218 g/mol. The first kappa shape index (κ1) is 12.3. The van der Waals surface area contributed by atoms with Crippen LogP contribution in [-0.4, -0.2) is 29.5 Å². The van der Waals surface area contributed by atoms with E-state index in [-0.39, 0.29) is 10.9 Å². The standard InChI is InChI=1S/C9H16ClN3O2/c1-6(10)7-12-13-8(15-7)11-9(2,3)5-14-4/h6H,5H2,1-4H3,(H,11,13). The van der Waals surface area contributed by atoms with Gasteiger partial charge in [-0.1, -0.05) is 5.10 Å². The Morgan fingerprint density at radius 3 is 2.67 bits per heavy atom. The van der Waals surface area contributed by atoms with Gasteiger partial charge in [-0.2, -0.15) is 0 Å². The summed E-state index contributed by atoms with van der Waals surface area (Å²) in [6.07, 6.45) is 0. The number of alkyl halides is 1. The van der Waals surface area contributed by atoms with Crippen molar-refractivity contribution in [3.05, 3.63) is 5.89 Å². The molecule has 1 aromatic rings. The number of methoxy groups -OCH3 is 1. The first-order valence-corrected chi connectivity index (χ1v) is 5.13. The normalized spacial score (nSPS) is 13.9. The Hall–Kier alpha value is -0.810. The Morgan fingerprint density at radius 1 is 1.53 bits per heavy atom. The maximum absolute atomic E-state index is 5.80. The number of halogens is 1. The quantitative estimate of drug-likeness (QED) is 0.791. The van der Waals surface area contributed by atoms with Crippen molar-refractivity contribution in [2.75, 3.05) is 19.0 Å². The third kappa shape index (κ3) is 3.68. The minimum atomic E-state index is -0.279. The number of anilines is 1. The van der Waals surface area contributed by atoms with Crippen molar-refractivity contribution in [2.24, 2.45) is 0 Å². The second kappa shape index (κ2) is 4.81. The second-order valence-corrected chi connectivity index (χ2v) is 4.66. The van der Waals surface area contributed by atoms with Gasteiger partial charge in [-0.3, -0.25) is 0 Å². The molecule has 0 aromatic carbocycles. The number of nitrogens with zero attached hydrogens (tertiary/aromatic N) is 2. The van der Waals surface area contributed by atoms with Crippen LogP contribution in [0.5, 0.6) is 0 Å². The summed E-state index contributed by atoms with van der Waals surface area (Å²) in [5.41, 5.74) is -0.256. The van der Waals surface area contributed by atoms with Crippen LogP contribution in [0.1, 0.15) is 32.0 Å². The molecule has 1 heterocycles. The Morgan fingerprint density at radius 2 is 2.20 bits per heavy atom. The molecule has 1 unspecified atom stereocenters. The molecule has 0 spiro atoms. The first-order valence-electron chi connectivity index (χ1n) is 4.69. The van der Waals surface area contributed by atoms with Gasteiger partial charge in [0.05, 0.1) is 12.1 Å². The van der Waals surface area contributed by atoms with E-state index in [1.54, 1.807) is 14.0 Å². The predicted molar refractivity (Wildman–Crippen MR) is 58.1 cm³/mol. The lowest BCUT2D eigenvalue weighted by molar-refractivity contribution is 0.156. The molecule has 1 atom stereocenters. The summed E-state index contributed by atoms with van der Waals surface area (Å²) in [6, 6.07) is 0.361. The maximum atomic E-state index is 5.80. The van der Waals surface area contributed by atoms with E-state index in [1.807, 2.05) is 13.8 Å². The van der Waals surface area contributed by atoms with E-state index < -0.39 is 0 Å². The van der Waals surface area contributed by atoms with Gasteiger partial charge < -0.3 is 14.5 Å². The topological polar surface area (TPSA) is 60.2 Å². The monoisotopic (exact) mass is 233 g/mol. The molecular formula is C9H16ClN3O2. The first-order chi connectivity index (χ1) is 6.94. The van der Waals surface area contributed by atoms with Gasteiger partial charge in [-0.25, -0.2) is 0 Å². The number of ether oxygens (including phenoxy) is 1. The molecule has 15 heavy (non-hydrogen) atoms. The molecule has 0 radical (unpaired) electrons. The molecule has 0 aliphatic heterocycles. The van der Waals surface area contributed by atoms with Crippen molar-refractivity contribution in [1.82, 2.24) is 10.2 Å².